The summed E-state index contributed by atoms with van der Waals surface area (Å²) in [5, 5.41) is 0. The van der Waals surface area contributed by atoms with E-state index in [0.717, 1.165) is 16.0 Å². The molecular formula is C25H23FN4O4S. The second kappa shape index (κ2) is 10.5. The Morgan fingerprint density at radius 2 is 1.80 bits per heavy atom. The van der Waals surface area contributed by atoms with E-state index in [-0.39, 0.29) is 37.0 Å². The lowest BCUT2D eigenvalue weighted by molar-refractivity contribution is 0.0988. The van der Waals surface area contributed by atoms with Crippen molar-refractivity contribution in [2.75, 3.05) is 24.4 Å². The third kappa shape index (κ3) is 5.23. The van der Waals surface area contributed by atoms with E-state index in [1.807, 2.05) is 30.3 Å². The van der Waals surface area contributed by atoms with E-state index in [1.54, 1.807) is 24.3 Å². The fraction of sp³-hybridized carbons (Fsp3) is 0.160. The van der Waals surface area contributed by atoms with E-state index in [9.17, 15) is 18.8 Å². The molecule has 4 rings (SSSR count). The minimum Gasteiger partial charge on any atom is -0.383 e. The number of H-pyrrole nitrogens is 1. The monoisotopic (exact) mass is 494 g/mol. The Balaban J connectivity index is 1.79. The number of hydrogen-bond acceptors (Lipinski definition) is 6. The molecule has 0 bridgehead atoms. The van der Waals surface area contributed by atoms with Gasteiger partial charge in [-0.15, -0.1) is 11.3 Å². The summed E-state index contributed by atoms with van der Waals surface area (Å²) >= 11 is 1.21. The van der Waals surface area contributed by atoms with Crippen LogP contribution >= 0.6 is 11.3 Å². The van der Waals surface area contributed by atoms with Gasteiger partial charge < -0.3 is 10.5 Å². The van der Waals surface area contributed by atoms with Crippen LogP contribution in [-0.4, -0.2) is 29.2 Å². The highest BCUT2D eigenvalue weighted by Crippen LogP contribution is 2.31. The van der Waals surface area contributed by atoms with Gasteiger partial charge in [-0.2, -0.15) is 0 Å². The molecule has 0 saturated carbocycles. The fourth-order valence-corrected chi connectivity index (χ4v) is 4.58. The third-order valence-corrected chi connectivity index (χ3v) is 6.50. The Labute approximate surface area is 204 Å². The van der Waals surface area contributed by atoms with Gasteiger partial charge in [0.1, 0.15) is 11.6 Å². The maximum Gasteiger partial charge on any atom is 0.330 e. The lowest BCUT2D eigenvalue weighted by Gasteiger charge is -2.24. The maximum atomic E-state index is 13.7. The van der Waals surface area contributed by atoms with Gasteiger partial charge >= 0.3 is 5.69 Å². The Morgan fingerprint density at radius 1 is 1.09 bits per heavy atom. The Morgan fingerprint density at radius 3 is 2.49 bits per heavy atom. The van der Waals surface area contributed by atoms with E-state index in [1.165, 1.54) is 40.0 Å². The molecular weight excluding hydrogens is 471 g/mol. The summed E-state index contributed by atoms with van der Waals surface area (Å²) in [6, 6.07) is 18.5. The molecule has 0 aliphatic carbocycles. The first kappa shape index (κ1) is 24.1. The van der Waals surface area contributed by atoms with Gasteiger partial charge in [-0.25, -0.2) is 9.18 Å². The van der Waals surface area contributed by atoms with Crippen LogP contribution in [0.15, 0.2) is 76.3 Å². The van der Waals surface area contributed by atoms with Crippen LogP contribution in [0.1, 0.15) is 15.2 Å². The first-order valence-corrected chi connectivity index (χ1v) is 11.5. The van der Waals surface area contributed by atoms with Gasteiger partial charge in [-0.05, 0) is 35.4 Å². The minimum atomic E-state index is -0.763. The quantitative estimate of drug-likeness (QED) is 0.390. The molecule has 2 heterocycles. The summed E-state index contributed by atoms with van der Waals surface area (Å²) in [5.41, 5.74) is 6.23. The maximum absolute atomic E-state index is 13.7. The molecule has 2 aromatic carbocycles. The highest BCUT2D eigenvalue weighted by molar-refractivity contribution is 7.17. The number of benzene rings is 2. The van der Waals surface area contributed by atoms with Gasteiger partial charge in [-0.3, -0.25) is 24.0 Å². The fourth-order valence-electron chi connectivity index (χ4n) is 3.62. The molecule has 1 amide bonds. The summed E-state index contributed by atoms with van der Waals surface area (Å²) < 4.78 is 19.5. The second-order valence-electron chi connectivity index (χ2n) is 7.69. The Hall–Kier alpha value is -4.02. The Bertz CT molecular complexity index is 1450. The van der Waals surface area contributed by atoms with Crippen LogP contribution in [-0.2, 0) is 17.8 Å². The normalized spacial score (nSPS) is 10.9. The first-order chi connectivity index (χ1) is 16.9. The molecule has 0 radical (unpaired) electrons. The summed E-state index contributed by atoms with van der Waals surface area (Å²) in [6.07, 6.45) is 0. The van der Waals surface area contributed by atoms with Crippen molar-refractivity contribution in [1.82, 2.24) is 9.55 Å². The van der Waals surface area contributed by atoms with E-state index < -0.39 is 17.2 Å². The molecule has 0 saturated heterocycles. The van der Waals surface area contributed by atoms with Gasteiger partial charge in [0.25, 0.3) is 11.5 Å². The van der Waals surface area contributed by atoms with Gasteiger partial charge in [0.15, 0.2) is 5.69 Å². The largest absolute Gasteiger partial charge is 0.383 e. The summed E-state index contributed by atoms with van der Waals surface area (Å²) in [5.74, 6) is -0.939. The average molecular weight is 495 g/mol. The van der Waals surface area contributed by atoms with Crippen LogP contribution in [0.2, 0.25) is 0 Å². The zero-order valence-electron chi connectivity index (χ0n) is 18.9. The number of methoxy groups -OCH3 is 1. The molecule has 180 valence electrons. The van der Waals surface area contributed by atoms with Gasteiger partial charge in [0.2, 0.25) is 0 Å². The number of nitrogens with two attached hydrogens (primary N) is 1. The van der Waals surface area contributed by atoms with Crippen molar-refractivity contribution in [3.8, 4) is 10.4 Å². The number of carbonyl (C=O) groups is 1. The molecule has 2 aromatic heterocycles. The number of halogens is 1. The number of hydrogen-bond donors (Lipinski definition) is 2. The van der Waals surface area contributed by atoms with Crippen molar-refractivity contribution in [3.63, 3.8) is 0 Å². The van der Waals surface area contributed by atoms with Crippen LogP contribution in [0.5, 0.6) is 0 Å². The van der Waals surface area contributed by atoms with Crippen molar-refractivity contribution < 1.29 is 13.9 Å². The van der Waals surface area contributed by atoms with Gasteiger partial charge in [0, 0.05) is 12.0 Å². The summed E-state index contributed by atoms with van der Waals surface area (Å²) in [4.78, 5) is 43.6. The molecule has 0 atom stereocenters. The third-order valence-electron chi connectivity index (χ3n) is 5.38. The predicted molar refractivity (Wildman–Crippen MR) is 134 cm³/mol. The number of nitrogens with one attached hydrogen (secondary N) is 1. The number of aromatic amines is 1. The molecule has 0 spiro atoms. The molecule has 35 heavy (non-hydrogen) atoms. The second-order valence-corrected chi connectivity index (χ2v) is 8.77. The minimum absolute atomic E-state index is 0.0548. The number of amides is 1. The topological polar surface area (TPSA) is 110 Å². The van der Waals surface area contributed by atoms with E-state index in [4.69, 9.17) is 10.5 Å². The van der Waals surface area contributed by atoms with Crippen LogP contribution in [0.25, 0.3) is 10.4 Å². The van der Waals surface area contributed by atoms with Crippen molar-refractivity contribution in [3.05, 3.63) is 104 Å². The number of nitrogen functional groups attached to an aromatic ring is 1. The highest BCUT2D eigenvalue weighted by Gasteiger charge is 2.26. The van der Waals surface area contributed by atoms with Crippen LogP contribution in [0.3, 0.4) is 0 Å². The molecule has 0 aliphatic rings. The smallest absolute Gasteiger partial charge is 0.330 e. The lowest BCUT2D eigenvalue weighted by Crippen LogP contribution is -2.41. The molecule has 3 N–H and O–H groups in total. The van der Waals surface area contributed by atoms with E-state index in [0.29, 0.717) is 4.88 Å². The molecule has 8 nitrogen and oxygen atoms in total. The average Bonchev–Trinajstić information content (AvgIpc) is 3.34. The van der Waals surface area contributed by atoms with Crippen molar-refractivity contribution in [2.24, 2.45) is 0 Å². The van der Waals surface area contributed by atoms with Crippen LogP contribution in [0.4, 0.5) is 15.9 Å². The van der Waals surface area contributed by atoms with E-state index in [2.05, 4.69) is 4.98 Å². The molecule has 0 aliphatic heterocycles. The Kier molecular flexibility index (Phi) is 7.23. The lowest BCUT2D eigenvalue weighted by atomic mass is 10.2. The molecule has 0 unspecified atom stereocenters. The standard InChI is InChI=1S/C25H23FN4O4S/c1-34-14-13-29-22(27)21(23(31)28-25(29)33)30(15-16-5-3-2-4-6-16)24(32)20-12-11-19(35-20)17-7-9-18(26)10-8-17/h2-12H,13-15,27H2,1H3,(H,28,31,33). The zero-order chi connectivity index (χ0) is 24.9. The van der Waals surface area contributed by atoms with E-state index >= 15 is 0 Å². The zero-order valence-corrected chi connectivity index (χ0v) is 19.7. The molecule has 0 fully saturated rings. The number of rotatable bonds is 8. The summed E-state index contributed by atoms with van der Waals surface area (Å²) in [6.45, 7) is 0.347. The first-order valence-electron chi connectivity index (χ1n) is 10.7. The van der Waals surface area contributed by atoms with Crippen LogP contribution in [0, 0.1) is 5.82 Å². The van der Waals surface area contributed by atoms with Crippen molar-refractivity contribution in [1.29, 1.82) is 0 Å². The number of nitrogens with zero attached hydrogens (tertiary/aromatic N) is 2. The molecule has 4 aromatic rings. The number of ether oxygens (including phenoxy) is 1. The van der Waals surface area contributed by atoms with Crippen molar-refractivity contribution in [2.45, 2.75) is 13.1 Å². The highest BCUT2D eigenvalue weighted by atomic mass is 32.1. The SMILES string of the molecule is COCCn1c(N)c(N(Cc2ccccc2)C(=O)c2ccc(-c3ccc(F)cc3)s2)c(=O)[nH]c1=O. The number of aromatic nitrogens is 2. The van der Waals surface area contributed by atoms with Crippen molar-refractivity contribution >= 4 is 28.7 Å². The number of carbonyl (C=O) groups excluding carboxylic acids is 1. The molecule has 10 heteroatoms. The number of anilines is 2. The predicted octanol–water partition coefficient (Wildman–Crippen LogP) is 3.48. The number of thiophene rings is 1. The van der Waals surface area contributed by atoms with Gasteiger partial charge in [0.05, 0.1) is 24.6 Å². The van der Waals surface area contributed by atoms with Gasteiger partial charge in [-0.1, -0.05) is 42.5 Å². The van der Waals surface area contributed by atoms with Crippen LogP contribution < -0.4 is 21.9 Å². The summed E-state index contributed by atoms with van der Waals surface area (Å²) in [7, 11) is 1.48.